The van der Waals surface area contributed by atoms with Crippen LogP contribution in [0.5, 0.6) is 0 Å². The first-order valence-corrected chi connectivity index (χ1v) is 5.80. The minimum atomic E-state index is 0.0221. The fraction of sp³-hybridized carbons (Fsp3) is 0.462. The van der Waals surface area contributed by atoms with Crippen molar-refractivity contribution in [3.05, 3.63) is 34.9 Å². The van der Waals surface area contributed by atoms with Crippen LogP contribution in [0.15, 0.2) is 24.3 Å². The van der Waals surface area contributed by atoms with Gasteiger partial charge in [-0.3, -0.25) is 0 Å². The predicted octanol–water partition coefficient (Wildman–Crippen LogP) is 4.53. The van der Waals surface area contributed by atoms with E-state index in [1.54, 1.807) is 0 Å². The van der Waals surface area contributed by atoms with Gasteiger partial charge in [0.2, 0.25) is 0 Å². The summed E-state index contributed by atoms with van der Waals surface area (Å²) >= 11 is 5.80. The molecule has 0 N–H and O–H groups in total. The Labute approximate surface area is 96.7 Å². The highest BCUT2D eigenvalue weighted by Crippen LogP contribution is 2.23. The number of rotatable bonds is 5. The molecule has 0 aliphatic rings. The Hall–Kier alpha value is -1.00. The number of nitrogens with zero attached hydrogens (tertiary/aromatic N) is 1. The van der Waals surface area contributed by atoms with Crippen molar-refractivity contribution in [2.45, 2.75) is 38.5 Å². The molecule has 0 radical (unpaired) electrons. The Morgan fingerprint density at radius 3 is 2.47 bits per heavy atom. The van der Waals surface area contributed by atoms with Crippen LogP contribution in [-0.2, 0) is 0 Å². The van der Waals surface area contributed by atoms with E-state index in [0.717, 1.165) is 23.4 Å². The standard InChI is InChI=1S/C13H16ClN/c1-2-3-4-5-12(10-15)11-6-8-13(14)9-7-11/h6-9,12H,2-5H2,1H3/t12-/m1/s1. The Kier molecular flexibility index (Phi) is 5.21. The third kappa shape index (κ3) is 3.93. The van der Waals surface area contributed by atoms with Crippen molar-refractivity contribution >= 4 is 11.6 Å². The molecule has 1 rings (SSSR count). The van der Waals surface area contributed by atoms with Gasteiger partial charge in [-0.2, -0.15) is 5.26 Å². The number of halogens is 1. The summed E-state index contributed by atoms with van der Waals surface area (Å²) < 4.78 is 0. The maximum Gasteiger partial charge on any atom is 0.0712 e. The minimum absolute atomic E-state index is 0.0221. The highest BCUT2D eigenvalue weighted by Gasteiger charge is 2.09. The molecule has 2 heteroatoms. The van der Waals surface area contributed by atoms with Crippen LogP contribution >= 0.6 is 11.6 Å². The fourth-order valence-corrected chi connectivity index (χ4v) is 1.73. The van der Waals surface area contributed by atoms with Crippen LogP contribution in [0.25, 0.3) is 0 Å². The van der Waals surface area contributed by atoms with Crippen molar-refractivity contribution in [2.75, 3.05) is 0 Å². The zero-order valence-corrected chi connectivity index (χ0v) is 9.80. The van der Waals surface area contributed by atoms with Gasteiger partial charge in [0, 0.05) is 5.02 Å². The average molecular weight is 222 g/mol. The molecule has 0 aliphatic heterocycles. The molecule has 0 aromatic heterocycles. The molecule has 1 aromatic rings. The first-order chi connectivity index (χ1) is 7.27. The van der Waals surface area contributed by atoms with E-state index in [4.69, 9.17) is 16.9 Å². The highest BCUT2D eigenvalue weighted by atomic mass is 35.5. The molecule has 1 atom stereocenters. The van der Waals surface area contributed by atoms with Crippen LogP contribution in [0.1, 0.15) is 44.1 Å². The lowest BCUT2D eigenvalue weighted by Gasteiger charge is -2.08. The SMILES string of the molecule is CCCCC[C@H](C#N)c1ccc(Cl)cc1. The molecule has 0 saturated heterocycles. The largest absolute Gasteiger partial charge is 0.198 e. The molecular weight excluding hydrogens is 206 g/mol. The van der Waals surface area contributed by atoms with Gasteiger partial charge in [-0.05, 0) is 24.1 Å². The van der Waals surface area contributed by atoms with Gasteiger partial charge in [0.1, 0.15) is 0 Å². The summed E-state index contributed by atoms with van der Waals surface area (Å²) in [5, 5.41) is 9.79. The molecular formula is C13H16ClN. The highest BCUT2D eigenvalue weighted by molar-refractivity contribution is 6.30. The zero-order chi connectivity index (χ0) is 11.1. The second-order valence-electron chi connectivity index (χ2n) is 3.73. The van der Waals surface area contributed by atoms with Crippen LogP contribution in [0.2, 0.25) is 5.02 Å². The normalized spacial score (nSPS) is 12.1. The van der Waals surface area contributed by atoms with Crippen molar-refractivity contribution in [3.8, 4) is 6.07 Å². The molecule has 0 aliphatic carbocycles. The molecule has 0 fully saturated rings. The second kappa shape index (κ2) is 6.48. The van der Waals surface area contributed by atoms with E-state index in [1.807, 2.05) is 24.3 Å². The third-order valence-electron chi connectivity index (χ3n) is 2.52. The summed E-state index contributed by atoms with van der Waals surface area (Å²) in [7, 11) is 0. The van der Waals surface area contributed by atoms with Crippen LogP contribution in [0.3, 0.4) is 0 Å². The topological polar surface area (TPSA) is 23.8 Å². The first kappa shape index (κ1) is 12.1. The van der Waals surface area contributed by atoms with E-state index < -0.39 is 0 Å². The van der Waals surface area contributed by atoms with E-state index in [2.05, 4.69) is 13.0 Å². The summed E-state index contributed by atoms with van der Waals surface area (Å²) in [5.74, 6) is 0.0221. The number of unbranched alkanes of at least 4 members (excludes halogenated alkanes) is 2. The Morgan fingerprint density at radius 1 is 1.27 bits per heavy atom. The Bertz CT molecular complexity index is 323. The number of hydrogen-bond acceptors (Lipinski definition) is 1. The van der Waals surface area contributed by atoms with Gasteiger partial charge in [0.25, 0.3) is 0 Å². The molecule has 80 valence electrons. The van der Waals surface area contributed by atoms with Gasteiger partial charge in [-0.15, -0.1) is 0 Å². The summed E-state index contributed by atoms with van der Waals surface area (Å²) in [6.07, 6.45) is 4.47. The smallest absolute Gasteiger partial charge is 0.0712 e. The molecule has 1 aromatic carbocycles. The summed E-state index contributed by atoms with van der Waals surface area (Å²) in [6, 6.07) is 9.94. The van der Waals surface area contributed by atoms with Gasteiger partial charge in [-0.25, -0.2) is 0 Å². The molecule has 15 heavy (non-hydrogen) atoms. The molecule has 0 amide bonds. The van der Waals surface area contributed by atoms with Crippen molar-refractivity contribution in [1.82, 2.24) is 0 Å². The van der Waals surface area contributed by atoms with Gasteiger partial charge in [0.15, 0.2) is 0 Å². The number of nitriles is 1. The number of benzene rings is 1. The third-order valence-corrected chi connectivity index (χ3v) is 2.78. The van der Waals surface area contributed by atoms with Gasteiger partial charge >= 0.3 is 0 Å². The van der Waals surface area contributed by atoms with Crippen molar-refractivity contribution in [1.29, 1.82) is 5.26 Å². The minimum Gasteiger partial charge on any atom is -0.198 e. The van der Waals surface area contributed by atoms with E-state index in [-0.39, 0.29) is 5.92 Å². The lowest BCUT2D eigenvalue weighted by atomic mass is 9.95. The summed E-state index contributed by atoms with van der Waals surface area (Å²) in [5.41, 5.74) is 1.08. The maximum absolute atomic E-state index is 9.07. The van der Waals surface area contributed by atoms with E-state index in [1.165, 1.54) is 12.8 Å². The summed E-state index contributed by atoms with van der Waals surface area (Å²) in [4.78, 5) is 0. The second-order valence-corrected chi connectivity index (χ2v) is 4.17. The Morgan fingerprint density at radius 2 is 1.93 bits per heavy atom. The van der Waals surface area contributed by atoms with E-state index >= 15 is 0 Å². The lowest BCUT2D eigenvalue weighted by Crippen LogP contribution is -1.95. The molecule has 0 spiro atoms. The molecule has 1 nitrogen and oxygen atoms in total. The van der Waals surface area contributed by atoms with Crippen molar-refractivity contribution < 1.29 is 0 Å². The molecule has 0 saturated carbocycles. The zero-order valence-electron chi connectivity index (χ0n) is 9.04. The van der Waals surface area contributed by atoms with E-state index in [9.17, 15) is 0 Å². The van der Waals surface area contributed by atoms with Gasteiger partial charge in [-0.1, -0.05) is 49.9 Å². The lowest BCUT2D eigenvalue weighted by molar-refractivity contribution is 0.634. The van der Waals surface area contributed by atoms with Gasteiger partial charge in [0.05, 0.1) is 12.0 Å². The van der Waals surface area contributed by atoms with Crippen LogP contribution < -0.4 is 0 Å². The van der Waals surface area contributed by atoms with Crippen LogP contribution in [0.4, 0.5) is 0 Å². The molecule has 0 heterocycles. The Balaban J connectivity index is 2.59. The fourth-order valence-electron chi connectivity index (χ4n) is 1.60. The quantitative estimate of drug-likeness (QED) is 0.671. The maximum atomic E-state index is 9.07. The monoisotopic (exact) mass is 221 g/mol. The molecule has 0 bridgehead atoms. The predicted molar refractivity (Wildman–Crippen MR) is 63.9 cm³/mol. The average Bonchev–Trinajstić information content (AvgIpc) is 2.26. The van der Waals surface area contributed by atoms with Crippen LogP contribution in [0, 0.1) is 11.3 Å². The van der Waals surface area contributed by atoms with Crippen LogP contribution in [-0.4, -0.2) is 0 Å². The summed E-state index contributed by atoms with van der Waals surface area (Å²) in [6.45, 7) is 2.17. The van der Waals surface area contributed by atoms with E-state index in [0.29, 0.717) is 0 Å². The van der Waals surface area contributed by atoms with Crippen molar-refractivity contribution in [2.24, 2.45) is 0 Å². The molecule has 0 unspecified atom stereocenters. The van der Waals surface area contributed by atoms with Crippen molar-refractivity contribution in [3.63, 3.8) is 0 Å². The number of hydrogen-bond donors (Lipinski definition) is 0. The van der Waals surface area contributed by atoms with Gasteiger partial charge < -0.3 is 0 Å². The first-order valence-electron chi connectivity index (χ1n) is 5.43.